The number of fused-ring (bicyclic) bond motifs is 1. The Bertz CT molecular complexity index is 852. The van der Waals surface area contributed by atoms with Gasteiger partial charge in [-0.15, -0.1) is 0 Å². The first kappa shape index (κ1) is 15.4. The predicted molar refractivity (Wildman–Crippen MR) is 87.6 cm³/mol. The molecule has 0 saturated carbocycles. The van der Waals surface area contributed by atoms with E-state index in [-0.39, 0.29) is 0 Å². The summed E-state index contributed by atoms with van der Waals surface area (Å²) in [6.07, 6.45) is 3.69. The third kappa shape index (κ3) is 2.15. The van der Waals surface area contributed by atoms with Gasteiger partial charge in [-0.2, -0.15) is 0 Å². The van der Waals surface area contributed by atoms with Crippen LogP contribution in [0.25, 0.3) is 0 Å². The summed E-state index contributed by atoms with van der Waals surface area (Å²) in [5.74, 6) is -0.467. The second-order valence-electron chi connectivity index (χ2n) is 5.72. The van der Waals surface area contributed by atoms with Crippen molar-refractivity contribution in [2.24, 2.45) is 0 Å². The van der Waals surface area contributed by atoms with E-state index >= 15 is 0 Å². The minimum Gasteiger partial charge on any atom is -0.340 e. The summed E-state index contributed by atoms with van der Waals surface area (Å²) in [6.45, 7) is 0.658. The molecule has 6 rings (SSSR count). The van der Waals surface area contributed by atoms with Crippen LogP contribution in [-0.2, 0) is 36.1 Å². The average molecular weight is 386 g/mol. The van der Waals surface area contributed by atoms with E-state index in [1.54, 1.807) is 24.2 Å². The van der Waals surface area contributed by atoms with Gasteiger partial charge in [-0.05, 0) is 23.6 Å². The molecule has 1 unspecified atom stereocenters. The second-order valence-corrected chi connectivity index (χ2v) is 8.56. The highest BCUT2D eigenvalue weighted by atomic mass is 35.5. The number of nitrogens with one attached hydrogen (secondary N) is 2. The minimum absolute atomic E-state index is 0.559. The van der Waals surface area contributed by atoms with Gasteiger partial charge in [0.05, 0.1) is 0 Å². The molecule has 1 atom stereocenters. The number of halogens is 1. The highest BCUT2D eigenvalue weighted by Crippen LogP contribution is 2.77. The second kappa shape index (κ2) is 5.32. The number of thioether (sulfide) groups is 1. The number of phosphoric acid groups is 1. The molecule has 4 aliphatic heterocycles. The van der Waals surface area contributed by atoms with Crippen molar-refractivity contribution < 1.29 is 18.1 Å². The predicted octanol–water partition coefficient (Wildman–Crippen LogP) is 3.17. The molecule has 1 spiro atoms. The monoisotopic (exact) mass is 385 g/mol. The first-order chi connectivity index (χ1) is 11.6. The summed E-state index contributed by atoms with van der Waals surface area (Å²) in [4.78, 5) is 7.29. The third-order valence-corrected chi connectivity index (χ3v) is 7.10. The van der Waals surface area contributed by atoms with Gasteiger partial charge in [0.1, 0.15) is 0 Å². The van der Waals surface area contributed by atoms with E-state index in [1.165, 1.54) is 0 Å². The lowest BCUT2D eigenvalue weighted by atomic mass is 9.94. The first-order valence-electron chi connectivity index (χ1n) is 7.46. The number of imidazole rings is 1. The lowest BCUT2D eigenvalue weighted by Gasteiger charge is -2.36. The summed E-state index contributed by atoms with van der Waals surface area (Å²) in [5.41, 5.74) is 2.89. The maximum absolute atomic E-state index is 12.0. The van der Waals surface area contributed by atoms with Crippen molar-refractivity contribution in [1.82, 2.24) is 15.3 Å². The zero-order valence-electron chi connectivity index (χ0n) is 12.3. The zero-order chi connectivity index (χ0) is 16.4. The minimum atomic E-state index is -3.39. The normalized spacial score (nSPS) is 33.5. The summed E-state index contributed by atoms with van der Waals surface area (Å²) in [5, 5.41) is 4.72. The van der Waals surface area contributed by atoms with Crippen LogP contribution in [0.4, 0.5) is 0 Å². The van der Waals surface area contributed by atoms with Gasteiger partial charge in [0.2, 0.25) is 0 Å². The largest absolute Gasteiger partial charge is 0.482 e. The molecular weight excluding hydrogens is 373 g/mol. The van der Waals surface area contributed by atoms with Crippen molar-refractivity contribution in [1.29, 1.82) is 0 Å². The molecule has 7 nitrogen and oxygen atoms in total. The van der Waals surface area contributed by atoms with Crippen LogP contribution in [0.2, 0.25) is 5.02 Å². The van der Waals surface area contributed by atoms with Gasteiger partial charge in [0.25, 0.3) is 5.79 Å². The molecule has 1 aromatic carbocycles. The molecule has 10 heteroatoms. The number of nitrogens with zero attached hydrogens (tertiary/aromatic N) is 1. The van der Waals surface area contributed by atoms with E-state index in [0.717, 1.165) is 28.3 Å². The Morgan fingerprint density at radius 1 is 1.46 bits per heavy atom. The molecule has 0 aliphatic carbocycles. The van der Waals surface area contributed by atoms with Crippen LogP contribution in [0.1, 0.15) is 16.7 Å². The SMILES string of the molecule is O=P12OC3NCCc4c(ccc(Cl)c4CSc4ncc[nH]4)C3(O1)O2. The van der Waals surface area contributed by atoms with Crippen LogP contribution in [0.15, 0.2) is 29.7 Å². The zero-order valence-corrected chi connectivity index (χ0v) is 14.8. The van der Waals surface area contributed by atoms with Crippen LogP contribution in [0, 0.1) is 0 Å². The molecule has 0 amide bonds. The molecule has 1 aromatic heterocycles. The fourth-order valence-corrected chi connectivity index (χ4v) is 6.16. The summed E-state index contributed by atoms with van der Waals surface area (Å²) >= 11 is 8.02. The van der Waals surface area contributed by atoms with E-state index in [4.69, 9.17) is 25.2 Å². The molecule has 3 fully saturated rings. The van der Waals surface area contributed by atoms with Gasteiger partial charge in [0.15, 0.2) is 11.4 Å². The van der Waals surface area contributed by atoms with Crippen molar-refractivity contribution in [2.75, 3.05) is 6.54 Å². The van der Waals surface area contributed by atoms with Gasteiger partial charge >= 0.3 is 7.82 Å². The van der Waals surface area contributed by atoms with E-state index < -0.39 is 19.8 Å². The van der Waals surface area contributed by atoms with Crippen molar-refractivity contribution in [3.63, 3.8) is 0 Å². The summed E-state index contributed by atoms with van der Waals surface area (Å²) in [7, 11) is -3.39. The molecule has 2 aromatic rings. The molecule has 2 N–H and O–H groups in total. The fourth-order valence-electron chi connectivity index (χ4n) is 3.32. The molecule has 4 aliphatic rings. The van der Waals surface area contributed by atoms with Crippen molar-refractivity contribution in [3.8, 4) is 0 Å². The maximum Gasteiger partial charge on any atom is 0.482 e. The highest BCUT2D eigenvalue weighted by molar-refractivity contribution is 7.98. The molecule has 3 saturated heterocycles. The molecule has 5 heterocycles. The van der Waals surface area contributed by atoms with Crippen molar-refractivity contribution >= 4 is 31.2 Å². The number of hydrogen-bond acceptors (Lipinski definition) is 7. The van der Waals surface area contributed by atoms with Crippen molar-refractivity contribution in [3.05, 3.63) is 46.2 Å². The number of benzene rings is 1. The topological polar surface area (TPSA) is 85.5 Å². The molecule has 126 valence electrons. The van der Waals surface area contributed by atoms with Gasteiger partial charge in [-0.1, -0.05) is 29.4 Å². The highest BCUT2D eigenvalue weighted by Gasteiger charge is 2.73. The Kier molecular flexibility index (Phi) is 3.41. The third-order valence-electron chi connectivity index (χ3n) is 4.36. The molecule has 2 bridgehead atoms. The van der Waals surface area contributed by atoms with Crippen LogP contribution in [-0.4, -0.2) is 22.7 Å². The lowest BCUT2D eigenvalue weighted by molar-refractivity contribution is -0.196. The quantitative estimate of drug-likeness (QED) is 0.620. The first-order valence-corrected chi connectivity index (χ1v) is 10.3. The lowest BCUT2D eigenvalue weighted by Crippen LogP contribution is -2.47. The number of H-pyrrole nitrogens is 1. The number of aromatic amines is 1. The van der Waals surface area contributed by atoms with Crippen molar-refractivity contribution in [2.45, 2.75) is 29.3 Å². The van der Waals surface area contributed by atoms with Gasteiger partial charge in [-0.25, -0.2) is 18.6 Å². The number of phosphoric ester groups is 1. The van der Waals surface area contributed by atoms with Crippen LogP contribution < -0.4 is 5.32 Å². The summed E-state index contributed by atoms with van der Waals surface area (Å²) < 4.78 is 28.6. The number of aromatic nitrogens is 2. The van der Waals surface area contributed by atoms with Crippen LogP contribution in [0.3, 0.4) is 0 Å². The van der Waals surface area contributed by atoms with Gasteiger partial charge < -0.3 is 4.98 Å². The number of hydrogen-bond donors (Lipinski definition) is 2. The smallest absolute Gasteiger partial charge is 0.340 e. The Hall–Kier alpha value is -0.860. The maximum atomic E-state index is 12.0. The van der Waals surface area contributed by atoms with Gasteiger partial charge in [-0.3, -0.25) is 9.84 Å². The Morgan fingerprint density at radius 3 is 3.12 bits per heavy atom. The number of rotatable bonds is 3. The average Bonchev–Trinajstić information content (AvgIpc) is 3.17. The Balaban J connectivity index is 1.55. The van der Waals surface area contributed by atoms with Crippen LogP contribution >= 0.6 is 31.2 Å². The Labute approximate surface area is 147 Å². The van der Waals surface area contributed by atoms with E-state index in [9.17, 15) is 4.57 Å². The molecule has 24 heavy (non-hydrogen) atoms. The van der Waals surface area contributed by atoms with E-state index in [2.05, 4.69) is 15.3 Å². The molecular formula is C14H13ClN3O4PS. The van der Waals surface area contributed by atoms with Crippen LogP contribution in [0.5, 0.6) is 0 Å². The van der Waals surface area contributed by atoms with E-state index in [0.29, 0.717) is 17.3 Å². The Morgan fingerprint density at radius 2 is 2.33 bits per heavy atom. The molecule has 0 radical (unpaired) electrons. The summed E-state index contributed by atoms with van der Waals surface area (Å²) in [6, 6.07) is 3.70. The fraction of sp³-hybridized carbons (Fsp3) is 0.357. The van der Waals surface area contributed by atoms with E-state index in [1.807, 2.05) is 12.1 Å². The standard InChI is InChI=1S/C14H13ClN3O4PS/c15-11-2-1-10-8(9(11)7-24-13-17-5-6-18-13)3-4-16-12-14(10)21-23(19,20-12)22-14/h1-2,5-6,12,16H,3-4,7H2,(H,17,18). The van der Waals surface area contributed by atoms with Gasteiger partial charge in [0, 0.05) is 35.3 Å².